The van der Waals surface area contributed by atoms with Crippen molar-refractivity contribution >= 4 is 0 Å². The highest BCUT2D eigenvalue weighted by Gasteiger charge is 2.51. The number of rotatable bonds is 8. The maximum Gasteiger partial charge on any atom is 0.187 e. The van der Waals surface area contributed by atoms with Gasteiger partial charge in [0, 0.05) is 28.4 Å². The van der Waals surface area contributed by atoms with Gasteiger partial charge in [0.15, 0.2) is 12.6 Å². The third-order valence-electron chi connectivity index (χ3n) is 4.78. The van der Waals surface area contributed by atoms with Crippen LogP contribution < -0.4 is 0 Å². The van der Waals surface area contributed by atoms with Crippen molar-refractivity contribution in [2.45, 2.75) is 61.4 Å². The quantitative estimate of drug-likeness (QED) is 0.337. The summed E-state index contributed by atoms with van der Waals surface area (Å²) in [6.45, 7) is 0.0332. The molecular formula is C16H30O11. The molecule has 0 aromatic rings. The average Bonchev–Trinajstić information content (AvgIpc) is 2.63. The van der Waals surface area contributed by atoms with Crippen LogP contribution in [0.4, 0.5) is 0 Å². The Bertz CT molecular complexity index is 435. The Hall–Kier alpha value is -0.440. The number of aliphatic hydroxyl groups is 4. The molecule has 0 radical (unpaired) electrons. The second-order valence-corrected chi connectivity index (χ2v) is 6.49. The summed E-state index contributed by atoms with van der Waals surface area (Å²) in [5, 5.41) is 41.1. The third-order valence-corrected chi connectivity index (χ3v) is 4.78. The molecule has 0 saturated carbocycles. The van der Waals surface area contributed by atoms with Crippen LogP contribution in [0.1, 0.15) is 0 Å². The maximum atomic E-state index is 10.6. The lowest BCUT2D eigenvalue weighted by molar-refractivity contribution is -0.359. The Morgan fingerprint density at radius 1 is 0.667 bits per heavy atom. The first-order valence-electron chi connectivity index (χ1n) is 8.61. The zero-order chi connectivity index (χ0) is 20.1. The Morgan fingerprint density at radius 3 is 1.81 bits per heavy atom. The molecule has 11 heteroatoms. The molecule has 0 bridgehead atoms. The monoisotopic (exact) mass is 398 g/mol. The summed E-state index contributed by atoms with van der Waals surface area (Å²) in [4.78, 5) is 0. The summed E-state index contributed by atoms with van der Waals surface area (Å²) < 4.78 is 37.4. The summed E-state index contributed by atoms with van der Waals surface area (Å²) in [5.41, 5.74) is 0. The van der Waals surface area contributed by atoms with E-state index in [0.717, 1.165) is 0 Å². The Balaban J connectivity index is 2.20. The normalized spacial score (nSPS) is 45.8. The van der Waals surface area contributed by atoms with E-state index in [1.807, 2.05) is 0 Å². The molecule has 4 N–H and O–H groups in total. The average molecular weight is 398 g/mol. The first-order chi connectivity index (χ1) is 12.9. The van der Waals surface area contributed by atoms with Gasteiger partial charge in [-0.25, -0.2) is 0 Å². The van der Waals surface area contributed by atoms with Gasteiger partial charge < -0.3 is 53.6 Å². The molecule has 160 valence electrons. The molecule has 0 spiro atoms. The smallest absolute Gasteiger partial charge is 0.187 e. The molecule has 0 aliphatic carbocycles. The van der Waals surface area contributed by atoms with Crippen LogP contribution in [0, 0.1) is 0 Å². The summed E-state index contributed by atoms with van der Waals surface area (Å²) in [6, 6.07) is 0. The van der Waals surface area contributed by atoms with Gasteiger partial charge in [-0.2, -0.15) is 0 Å². The van der Waals surface area contributed by atoms with Crippen molar-refractivity contribution in [2.75, 3.05) is 41.7 Å². The van der Waals surface area contributed by atoms with Gasteiger partial charge in [0.1, 0.15) is 48.8 Å². The molecule has 2 saturated heterocycles. The second-order valence-electron chi connectivity index (χ2n) is 6.49. The van der Waals surface area contributed by atoms with E-state index in [-0.39, 0.29) is 13.2 Å². The highest BCUT2D eigenvalue weighted by molar-refractivity contribution is 4.94. The van der Waals surface area contributed by atoms with Crippen LogP contribution in [0.5, 0.6) is 0 Å². The maximum absolute atomic E-state index is 10.6. The number of methoxy groups -OCH3 is 4. The van der Waals surface area contributed by atoms with E-state index < -0.39 is 61.4 Å². The van der Waals surface area contributed by atoms with E-state index in [4.69, 9.17) is 33.2 Å². The minimum atomic E-state index is -1.37. The molecule has 2 aliphatic rings. The molecule has 0 amide bonds. The highest BCUT2D eigenvalue weighted by Crippen LogP contribution is 2.30. The first kappa shape index (κ1) is 22.8. The fourth-order valence-corrected chi connectivity index (χ4v) is 3.35. The van der Waals surface area contributed by atoms with Crippen molar-refractivity contribution in [1.29, 1.82) is 0 Å². The molecule has 2 aliphatic heterocycles. The van der Waals surface area contributed by atoms with Crippen molar-refractivity contribution in [3.8, 4) is 0 Å². The fourth-order valence-electron chi connectivity index (χ4n) is 3.35. The van der Waals surface area contributed by atoms with E-state index in [1.54, 1.807) is 0 Å². The summed E-state index contributed by atoms with van der Waals surface area (Å²) in [6.07, 6.45) is -11.2. The first-order valence-corrected chi connectivity index (χ1v) is 8.61. The Kier molecular flexibility index (Phi) is 8.77. The van der Waals surface area contributed by atoms with Gasteiger partial charge in [-0.05, 0) is 0 Å². The predicted molar refractivity (Wildman–Crippen MR) is 87.8 cm³/mol. The second kappa shape index (κ2) is 10.4. The lowest BCUT2D eigenvalue weighted by Crippen LogP contribution is -2.65. The lowest BCUT2D eigenvalue weighted by Gasteiger charge is -2.46. The zero-order valence-corrected chi connectivity index (χ0v) is 15.8. The van der Waals surface area contributed by atoms with Crippen molar-refractivity contribution in [3.05, 3.63) is 0 Å². The highest BCUT2D eigenvalue weighted by atomic mass is 16.7. The standard InChI is InChI=1S/C16H30O11/c1-21-5-7-9(17)10(18)14(24-4)16(26-7)27-12-8(6-22-2)25-15(20)13(23-3)11(12)19/h7-20H,5-6H2,1-4H3/t7-,8-,9-,10+,11+,12-,13-,14-,15+,16-/m1/s1. The van der Waals surface area contributed by atoms with E-state index in [9.17, 15) is 20.4 Å². The van der Waals surface area contributed by atoms with Gasteiger partial charge in [0.25, 0.3) is 0 Å². The molecule has 27 heavy (non-hydrogen) atoms. The minimum Gasteiger partial charge on any atom is -0.387 e. The molecule has 0 aromatic heterocycles. The van der Waals surface area contributed by atoms with Crippen LogP contribution in [0.3, 0.4) is 0 Å². The Morgan fingerprint density at radius 2 is 1.26 bits per heavy atom. The molecule has 0 aromatic carbocycles. The molecule has 11 nitrogen and oxygen atoms in total. The largest absolute Gasteiger partial charge is 0.387 e. The van der Waals surface area contributed by atoms with Crippen LogP contribution >= 0.6 is 0 Å². The SMILES string of the molecule is COC[C@H]1O[C@H](O[C@H]2[C@H](O)[C@@H](OC)[C@@H](O)O[C@@H]2COC)[C@H](OC)[C@@H](O)[C@@H]1O. The summed E-state index contributed by atoms with van der Waals surface area (Å²) >= 11 is 0. The predicted octanol–water partition coefficient (Wildman–Crippen LogP) is -2.78. The van der Waals surface area contributed by atoms with E-state index >= 15 is 0 Å². The van der Waals surface area contributed by atoms with E-state index in [0.29, 0.717) is 0 Å². The molecule has 2 fully saturated rings. The van der Waals surface area contributed by atoms with Crippen molar-refractivity contribution in [2.24, 2.45) is 0 Å². The Labute approximate surface area is 157 Å². The number of aliphatic hydroxyl groups excluding tert-OH is 4. The fraction of sp³-hybridized carbons (Fsp3) is 1.00. The van der Waals surface area contributed by atoms with Crippen LogP contribution in [-0.4, -0.2) is 123 Å². The summed E-state index contributed by atoms with van der Waals surface area (Å²) in [7, 11) is 5.52. The van der Waals surface area contributed by atoms with Crippen LogP contribution in [0.25, 0.3) is 0 Å². The van der Waals surface area contributed by atoms with Gasteiger partial charge in [0.05, 0.1) is 13.2 Å². The minimum absolute atomic E-state index is 0.0130. The molecule has 0 unspecified atom stereocenters. The lowest BCUT2D eigenvalue weighted by atomic mass is 9.97. The molecular weight excluding hydrogens is 368 g/mol. The van der Waals surface area contributed by atoms with Gasteiger partial charge in [-0.15, -0.1) is 0 Å². The number of hydrogen-bond donors (Lipinski definition) is 4. The van der Waals surface area contributed by atoms with Crippen LogP contribution in [0.15, 0.2) is 0 Å². The topological polar surface area (TPSA) is 146 Å². The van der Waals surface area contributed by atoms with E-state index in [1.165, 1.54) is 28.4 Å². The summed E-state index contributed by atoms with van der Waals surface area (Å²) in [5.74, 6) is 0. The molecule has 10 atom stereocenters. The van der Waals surface area contributed by atoms with Crippen molar-refractivity contribution in [1.82, 2.24) is 0 Å². The third kappa shape index (κ3) is 4.95. The van der Waals surface area contributed by atoms with Crippen molar-refractivity contribution < 1.29 is 53.6 Å². The van der Waals surface area contributed by atoms with E-state index in [2.05, 4.69) is 0 Å². The van der Waals surface area contributed by atoms with Gasteiger partial charge >= 0.3 is 0 Å². The van der Waals surface area contributed by atoms with Gasteiger partial charge in [-0.1, -0.05) is 0 Å². The van der Waals surface area contributed by atoms with Crippen LogP contribution in [0.2, 0.25) is 0 Å². The number of ether oxygens (including phenoxy) is 7. The van der Waals surface area contributed by atoms with Gasteiger partial charge in [-0.3, -0.25) is 0 Å². The molecule has 2 heterocycles. The molecule has 2 rings (SSSR count). The van der Waals surface area contributed by atoms with Crippen LogP contribution in [-0.2, 0) is 33.2 Å². The zero-order valence-electron chi connectivity index (χ0n) is 15.8. The van der Waals surface area contributed by atoms with Gasteiger partial charge in [0.2, 0.25) is 0 Å². The number of hydrogen-bond acceptors (Lipinski definition) is 11. The van der Waals surface area contributed by atoms with Crippen molar-refractivity contribution in [3.63, 3.8) is 0 Å².